The Morgan fingerprint density at radius 2 is 1.86 bits per heavy atom. The van der Waals surface area contributed by atoms with E-state index in [1.807, 2.05) is 13.0 Å². The first-order chi connectivity index (χ1) is 13.9. The standard InChI is InChI=1S/C20H21F3N4OS/c1-2-13-7-8-16(29-13)14-11-17(20(21,22)23)27-18(24-14)12-15(25-27)19(28)26-9-5-3-4-6-10-26/h7-8,11-12H,2-6,9-10H2,1H3. The van der Waals surface area contributed by atoms with Crippen molar-refractivity contribution in [2.45, 2.75) is 45.2 Å². The van der Waals surface area contributed by atoms with Gasteiger partial charge in [-0.1, -0.05) is 19.8 Å². The molecule has 0 aromatic carbocycles. The van der Waals surface area contributed by atoms with Gasteiger partial charge in [-0.25, -0.2) is 9.50 Å². The van der Waals surface area contributed by atoms with Crippen molar-refractivity contribution in [1.82, 2.24) is 19.5 Å². The highest BCUT2D eigenvalue weighted by Gasteiger charge is 2.36. The van der Waals surface area contributed by atoms with Crippen LogP contribution in [-0.2, 0) is 12.6 Å². The van der Waals surface area contributed by atoms with E-state index in [2.05, 4.69) is 10.1 Å². The van der Waals surface area contributed by atoms with E-state index in [4.69, 9.17) is 0 Å². The lowest BCUT2D eigenvalue weighted by molar-refractivity contribution is -0.142. The Kier molecular flexibility index (Phi) is 5.33. The molecule has 0 saturated carbocycles. The third-order valence-corrected chi connectivity index (χ3v) is 6.34. The summed E-state index contributed by atoms with van der Waals surface area (Å²) >= 11 is 1.42. The molecule has 0 unspecified atom stereocenters. The summed E-state index contributed by atoms with van der Waals surface area (Å²) < 4.78 is 41.9. The molecule has 3 aromatic heterocycles. The maximum Gasteiger partial charge on any atom is 0.433 e. The lowest BCUT2D eigenvalue weighted by atomic mass is 10.2. The Labute approximate surface area is 170 Å². The molecule has 0 N–H and O–H groups in total. The average Bonchev–Trinajstić information content (AvgIpc) is 3.25. The van der Waals surface area contributed by atoms with Gasteiger partial charge < -0.3 is 4.90 Å². The summed E-state index contributed by atoms with van der Waals surface area (Å²) in [5.41, 5.74) is -0.663. The molecule has 1 fully saturated rings. The van der Waals surface area contributed by atoms with Crippen molar-refractivity contribution in [3.8, 4) is 10.6 Å². The second-order valence-electron chi connectivity index (χ2n) is 7.15. The van der Waals surface area contributed by atoms with Gasteiger partial charge in [-0.2, -0.15) is 18.3 Å². The fourth-order valence-corrected chi connectivity index (χ4v) is 4.46. The van der Waals surface area contributed by atoms with E-state index < -0.39 is 11.9 Å². The van der Waals surface area contributed by atoms with Gasteiger partial charge in [-0.05, 0) is 37.5 Å². The molecule has 4 heterocycles. The molecule has 0 aliphatic carbocycles. The summed E-state index contributed by atoms with van der Waals surface area (Å²) in [6, 6.07) is 6.04. The van der Waals surface area contributed by atoms with Crippen LogP contribution < -0.4 is 0 Å². The van der Waals surface area contributed by atoms with Gasteiger partial charge in [0.15, 0.2) is 17.0 Å². The van der Waals surface area contributed by atoms with Crippen molar-refractivity contribution in [2.24, 2.45) is 0 Å². The number of amides is 1. The third kappa shape index (κ3) is 4.01. The summed E-state index contributed by atoms with van der Waals surface area (Å²) in [5, 5.41) is 3.99. The summed E-state index contributed by atoms with van der Waals surface area (Å²) in [4.78, 5) is 20.6. The molecule has 1 amide bonds. The van der Waals surface area contributed by atoms with Crippen molar-refractivity contribution in [3.63, 3.8) is 0 Å². The molecule has 4 rings (SSSR count). The SMILES string of the molecule is CCc1ccc(-c2cc(C(F)(F)F)n3nc(C(=O)N4CCCCCC4)cc3n2)s1. The fourth-order valence-electron chi connectivity index (χ4n) is 3.55. The van der Waals surface area contributed by atoms with Crippen molar-refractivity contribution < 1.29 is 18.0 Å². The molecule has 0 radical (unpaired) electrons. The van der Waals surface area contributed by atoms with Crippen LogP contribution in [0.5, 0.6) is 0 Å². The molecule has 0 atom stereocenters. The number of carbonyl (C=O) groups excluding carboxylic acids is 1. The molecule has 29 heavy (non-hydrogen) atoms. The summed E-state index contributed by atoms with van der Waals surface area (Å²) in [6.07, 6.45) is 0.0914. The zero-order valence-corrected chi connectivity index (χ0v) is 16.8. The molecule has 0 bridgehead atoms. The number of halogens is 3. The maximum absolute atomic E-state index is 13.7. The Hall–Kier alpha value is -2.42. The minimum atomic E-state index is -4.62. The Morgan fingerprint density at radius 3 is 2.48 bits per heavy atom. The highest BCUT2D eigenvalue weighted by atomic mass is 32.1. The number of carbonyl (C=O) groups is 1. The van der Waals surface area contributed by atoms with Gasteiger partial charge in [0.05, 0.1) is 10.6 Å². The van der Waals surface area contributed by atoms with E-state index in [1.165, 1.54) is 17.4 Å². The van der Waals surface area contributed by atoms with E-state index in [0.717, 1.165) is 47.6 Å². The largest absolute Gasteiger partial charge is 0.433 e. The van der Waals surface area contributed by atoms with Gasteiger partial charge in [-0.3, -0.25) is 4.79 Å². The molecule has 0 spiro atoms. The van der Waals surface area contributed by atoms with Gasteiger partial charge in [0.2, 0.25) is 0 Å². The van der Waals surface area contributed by atoms with Crippen LogP contribution in [0.4, 0.5) is 13.2 Å². The summed E-state index contributed by atoms with van der Waals surface area (Å²) in [5.74, 6) is -0.337. The van der Waals surface area contributed by atoms with Crippen LogP contribution in [0.2, 0.25) is 0 Å². The number of fused-ring (bicyclic) bond motifs is 1. The molecular formula is C20H21F3N4OS. The molecule has 1 aliphatic heterocycles. The number of nitrogens with zero attached hydrogens (tertiary/aromatic N) is 4. The van der Waals surface area contributed by atoms with Gasteiger partial charge in [0.25, 0.3) is 5.91 Å². The minimum Gasteiger partial charge on any atom is -0.337 e. The second-order valence-corrected chi connectivity index (χ2v) is 8.32. The molecule has 154 valence electrons. The Balaban J connectivity index is 1.78. The van der Waals surface area contributed by atoms with Crippen LogP contribution >= 0.6 is 11.3 Å². The average molecular weight is 422 g/mol. The number of alkyl halides is 3. The van der Waals surface area contributed by atoms with E-state index in [9.17, 15) is 18.0 Å². The summed E-state index contributed by atoms with van der Waals surface area (Å²) in [7, 11) is 0. The number of aromatic nitrogens is 3. The Bertz CT molecular complexity index is 1030. The van der Waals surface area contributed by atoms with Gasteiger partial charge >= 0.3 is 6.18 Å². The maximum atomic E-state index is 13.7. The number of likely N-dealkylation sites (tertiary alicyclic amines) is 1. The molecule has 3 aromatic rings. The monoisotopic (exact) mass is 422 g/mol. The van der Waals surface area contributed by atoms with Crippen LogP contribution in [0.25, 0.3) is 16.2 Å². The summed E-state index contributed by atoms with van der Waals surface area (Å²) in [6.45, 7) is 3.20. The number of hydrogen-bond donors (Lipinski definition) is 0. The fraction of sp³-hybridized carbons (Fsp3) is 0.450. The van der Waals surface area contributed by atoms with E-state index in [-0.39, 0.29) is 22.9 Å². The zero-order valence-electron chi connectivity index (χ0n) is 16.0. The van der Waals surface area contributed by atoms with E-state index >= 15 is 0 Å². The number of thiophene rings is 1. The first-order valence-electron chi connectivity index (χ1n) is 9.73. The second kappa shape index (κ2) is 7.78. The lowest BCUT2D eigenvalue weighted by Gasteiger charge is -2.18. The highest BCUT2D eigenvalue weighted by molar-refractivity contribution is 7.15. The predicted octanol–water partition coefficient (Wildman–Crippen LogP) is 5.06. The van der Waals surface area contributed by atoms with Crippen LogP contribution in [0, 0.1) is 0 Å². The number of rotatable bonds is 3. The van der Waals surface area contributed by atoms with Crippen molar-refractivity contribution in [1.29, 1.82) is 0 Å². The highest BCUT2D eigenvalue weighted by Crippen LogP contribution is 2.34. The third-order valence-electron chi connectivity index (χ3n) is 5.09. The van der Waals surface area contributed by atoms with Crippen molar-refractivity contribution >= 4 is 22.9 Å². The van der Waals surface area contributed by atoms with Gasteiger partial charge in [0, 0.05) is 24.0 Å². The topological polar surface area (TPSA) is 50.5 Å². The van der Waals surface area contributed by atoms with Crippen LogP contribution in [0.15, 0.2) is 24.3 Å². The quantitative estimate of drug-likeness (QED) is 0.593. The van der Waals surface area contributed by atoms with Crippen LogP contribution in [0.3, 0.4) is 0 Å². The van der Waals surface area contributed by atoms with Crippen molar-refractivity contribution in [2.75, 3.05) is 13.1 Å². The molecule has 1 aliphatic rings. The van der Waals surface area contributed by atoms with Crippen LogP contribution in [0.1, 0.15) is 53.7 Å². The van der Waals surface area contributed by atoms with E-state index in [0.29, 0.717) is 18.0 Å². The smallest absolute Gasteiger partial charge is 0.337 e. The zero-order chi connectivity index (χ0) is 20.6. The molecule has 9 heteroatoms. The van der Waals surface area contributed by atoms with E-state index in [1.54, 1.807) is 11.0 Å². The first-order valence-corrected chi connectivity index (χ1v) is 10.5. The molecule has 5 nitrogen and oxygen atoms in total. The first kappa shape index (κ1) is 19.9. The number of hydrogen-bond acceptors (Lipinski definition) is 4. The predicted molar refractivity (Wildman–Crippen MR) is 105 cm³/mol. The minimum absolute atomic E-state index is 0.00229. The lowest BCUT2D eigenvalue weighted by Crippen LogP contribution is -2.32. The Morgan fingerprint density at radius 1 is 1.14 bits per heavy atom. The van der Waals surface area contributed by atoms with Gasteiger partial charge in [0.1, 0.15) is 0 Å². The van der Waals surface area contributed by atoms with Crippen LogP contribution in [-0.4, -0.2) is 38.5 Å². The number of aryl methyl sites for hydroxylation is 1. The molecule has 1 saturated heterocycles. The molecular weight excluding hydrogens is 401 g/mol. The van der Waals surface area contributed by atoms with Crippen molar-refractivity contribution in [3.05, 3.63) is 40.5 Å². The van der Waals surface area contributed by atoms with Gasteiger partial charge in [-0.15, -0.1) is 11.3 Å². The normalized spacial score (nSPS) is 15.7.